The molecule has 0 unspecified atom stereocenters. The van der Waals surface area contributed by atoms with Gasteiger partial charge in [0.05, 0.1) is 11.9 Å². The summed E-state index contributed by atoms with van der Waals surface area (Å²) >= 11 is 0. The SMILES string of the molecule is CC(=O)Nc1ccc(OCC(=O)N2CCN(c3ccccc3)CC2)nc1. The van der Waals surface area contributed by atoms with Crippen molar-refractivity contribution in [3.63, 3.8) is 0 Å². The maximum atomic E-state index is 12.3. The molecule has 0 bridgehead atoms. The number of hydrogen-bond donors (Lipinski definition) is 1. The van der Waals surface area contributed by atoms with Crippen LogP contribution in [0.2, 0.25) is 0 Å². The molecule has 1 fully saturated rings. The molecule has 1 aromatic heterocycles. The van der Waals surface area contributed by atoms with Crippen LogP contribution < -0.4 is 15.0 Å². The minimum Gasteiger partial charge on any atom is -0.468 e. The predicted octanol–water partition coefficient (Wildman–Crippen LogP) is 1.77. The topological polar surface area (TPSA) is 74.8 Å². The molecule has 1 aliphatic heterocycles. The van der Waals surface area contributed by atoms with Crippen LogP contribution in [0.15, 0.2) is 48.7 Å². The van der Waals surface area contributed by atoms with Gasteiger partial charge in [0.2, 0.25) is 11.8 Å². The number of rotatable bonds is 5. The van der Waals surface area contributed by atoms with E-state index in [4.69, 9.17) is 4.74 Å². The van der Waals surface area contributed by atoms with Crippen LogP contribution in [-0.4, -0.2) is 54.5 Å². The van der Waals surface area contributed by atoms with E-state index in [1.54, 1.807) is 12.1 Å². The average Bonchev–Trinajstić information content (AvgIpc) is 2.67. The van der Waals surface area contributed by atoms with Crippen molar-refractivity contribution in [2.45, 2.75) is 6.92 Å². The van der Waals surface area contributed by atoms with Crippen molar-refractivity contribution in [3.05, 3.63) is 48.7 Å². The molecule has 26 heavy (non-hydrogen) atoms. The maximum absolute atomic E-state index is 12.3. The summed E-state index contributed by atoms with van der Waals surface area (Å²) in [5.74, 6) is 0.145. The number of nitrogens with zero attached hydrogens (tertiary/aromatic N) is 3. The first kappa shape index (κ1) is 17.7. The van der Waals surface area contributed by atoms with Gasteiger partial charge in [-0.15, -0.1) is 0 Å². The Morgan fingerprint density at radius 3 is 2.42 bits per heavy atom. The highest BCUT2D eigenvalue weighted by atomic mass is 16.5. The number of ether oxygens (including phenoxy) is 1. The number of carbonyl (C=O) groups excluding carboxylic acids is 2. The molecule has 2 aromatic rings. The summed E-state index contributed by atoms with van der Waals surface area (Å²) in [5, 5.41) is 2.63. The first-order chi connectivity index (χ1) is 12.6. The van der Waals surface area contributed by atoms with Gasteiger partial charge < -0.3 is 19.9 Å². The molecule has 7 heteroatoms. The Morgan fingerprint density at radius 1 is 1.08 bits per heavy atom. The summed E-state index contributed by atoms with van der Waals surface area (Å²) in [6.45, 7) is 4.34. The number of nitrogens with one attached hydrogen (secondary N) is 1. The van der Waals surface area contributed by atoms with E-state index >= 15 is 0 Å². The van der Waals surface area contributed by atoms with Crippen LogP contribution in [0.5, 0.6) is 5.88 Å². The number of carbonyl (C=O) groups is 2. The van der Waals surface area contributed by atoms with E-state index in [2.05, 4.69) is 27.3 Å². The lowest BCUT2D eigenvalue weighted by Gasteiger charge is -2.36. The number of anilines is 2. The van der Waals surface area contributed by atoms with E-state index in [-0.39, 0.29) is 18.4 Å². The van der Waals surface area contributed by atoms with Gasteiger partial charge in [0.25, 0.3) is 5.91 Å². The fourth-order valence-corrected chi connectivity index (χ4v) is 2.82. The lowest BCUT2D eigenvalue weighted by atomic mass is 10.2. The van der Waals surface area contributed by atoms with E-state index in [0.29, 0.717) is 24.7 Å². The largest absolute Gasteiger partial charge is 0.468 e. The van der Waals surface area contributed by atoms with Crippen molar-refractivity contribution in [1.29, 1.82) is 0 Å². The van der Waals surface area contributed by atoms with Crippen molar-refractivity contribution in [1.82, 2.24) is 9.88 Å². The van der Waals surface area contributed by atoms with Crippen LogP contribution >= 0.6 is 0 Å². The van der Waals surface area contributed by atoms with Crippen LogP contribution in [0.1, 0.15) is 6.92 Å². The summed E-state index contributed by atoms with van der Waals surface area (Å²) in [7, 11) is 0. The first-order valence-corrected chi connectivity index (χ1v) is 8.56. The van der Waals surface area contributed by atoms with Gasteiger partial charge in [-0.05, 0) is 18.2 Å². The molecule has 0 atom stereocenters. The molecule has 1 N–H and O–H groups in total. The fourth-order valence-electron chi connectivity index (χ4n) is 2.82. The monoisotopic (exact) mass is 354 g/mol. The van der Waals surface area contributed by atoms with Gasteiger partial charge in [-0.1, -0.05) is 18.2 Å². The minimum atomic E-state index is -0.162. The number of aromatic nitrogens is 1. The Bertz CT molecular complexity index is 741. The molecular weight excluding hydrogens is 332 g/mol. The molecule has 7 nitrogen and oxygen atoms in total. The highest BCUT2D eigenvalue weighted by molar-refractivity contribution is 5.88. The molecule has 136 valence electrons. The molecule has 0 saturated carbocycles. The smallest absolute Gasteiger partial charge is 0.260 e. The van der Waals surface area contributed by atoms with E-state index in [0.717, 1.165) is 13.1 Å². The van der Waals surface area contributed by atoms with E-state index in [1.807, 2.05) is 23.1 Å². The average molecular weight is 354 g/mol. The van der Waals surface area contributed by atoms with Gasteiger partial charge >= 0.3 is 0 Å². The summed E-state index contributed by atoms with van der Waals surface area (Å²) in [6, 6.07) is 13.5. The summed E-state index contributed by atoms with van der Waals surface area (Å²) in [4.78, 5) is 31.5. The third-order valence-electron chi connectivity index (χ3n) is 4.15. The Morgan fingerprint density at radius 2 is 1.81 bits per heavy atom. The zero-order chi connectivity index (χ0) is 18.4. The van der Waals surface area contributed by atoms with Gasteiger partial charge in [0.1, 0.15) is 0 Å². The second-order valence-corrected chi connectivity index (χ2v) is 6.06. The third kappa shape index (κ3) is 4.72. The van der Waals surface area contributed by atoms with Crippen LogP contribution in [0.3, 0.4) is 0 Å². The van der Waals surface area contributed by atoms with Crippen LogP contribution in [0, 0.1) is 0 Å². The highest BCUT2D eigenvalue weighted by Crippen LogP contribution is 2.16. The summed E-state index contributed by atoms with van der Waals surface area (Å²) < 4.78 is 5.46. The molecule has 1 saturated heterocycles. The Hall–Kier alpha value is -3.09. The number of hydrogen-bond acceptors (Lipinski definition) is 5. The number of amides is 2. The normalized spacial score (nSPS) is 14.0. The van der Waals surface area contributed by atoms with Crippen LogP contribution in [0.4, 0.5) is 11.4 Å². The molecule has 2 heterocycles. The van der Waals surface area contributed by atoms with Crippen molar-refractivity contribution < 1.29 is 14.3 Å². The Kier molecular flexibility index (Phi) is 5.68. The zero-order valence-electron chi connectivity index (χ0n) is 14.7. The summed E-state index contributed by atoms with van der Waals surface area (Å²) in [5.41, 5.74) is 1.77. The first-order valence-electron chi connectivity index (χ1n) is 8.56. The van der Waals surface area contributed by atoms with E-state index in [9.17, 15) is 9.59 Å². The molecule has 0 spiro atoms. The predicted molar refractivity (Wildman–Crippen MR) is 99.3 cm³/mol. The van der Waals surface area contributed by atoms with Gasteiger partial charge in [0, 0.05) is 44.9 Å². The van der Waals surface area contributed by atoms with Crippen molar-refractivity contribution in [3.8, 4) is 5.88 Å². The number of benzene rings is 1. The van der Waals surface area contributed by atoms with E-state index in [1.165, 1.54) is 18.8 Å². The molecule has 1 aliphatic rings. The van der Waals surface area contributed by atoms with Gasteiger partial charge in [-0.3, -0.25) is 9.59 Å². The highest BCUT2D eigenvalue weighted by Gasteiger charge is 2.21. The molecule has 1 aromatic carbocycles. The second-order valence-electron chi connectivity index (χ2n) is 6.06. The summed E-state index contributed by atoms with van der Waals surface area (Å²) in [6.07, 6.45) is 1.50. The van der Waals surface area contributed by atoms with Gasteiger partial charge in [-0.2, -0.15) is 0 Å². The molecule has 0 aliphatic carbocycles. The number of para-hydroxylation sites is 1. The van der Waals surface area contributed by atoms with Gasteiger partial charge in [-0.25, -0.2) is 4.98 Å². The lowest BCUT2D eigenvalue weighted by Crippen LogP contribution is -2.50. The molecule has 2 amide bonds. The quantitative estimate of drug-likeness (QED) is 0.886. The Labute approximate surface area is 152 Å². The van der Waals surface area contributed by atoms with Crippen molar-refractivity contribution in [2.75, 3.05) is 43.0 Å². The number of piperazine rings is 1. The lowest BCUT2D eigenvalue weighted by molar-refractivity contribution is -0.133. The van der Waals surface area contributed by atoms with Crippen LogP contribution in [-0.2, 0) is 9.59 Å². The fraction of sp³-hybridized carbons (Fsp3) is 0.316. The second kappa shape index (κ2) is 8.33. The number of pyridine rings is 1. The van der Waals surface area contributed by atoms with Crippen molar-refractivity contribution >= 4 is 23.2 Å². The molecule has 0 radical (unpaired) electrons. The van der Waals surface area contributed by atoms with E-state index < -0.39 is 0 Å². The standard InChI is InChI=1S/C19H22N4O3/c1-15(24)21-16-7-8-18(20-13-16)26-14-19(25)23-11-9-22(10-12-23)17-5-3-2-4-6-17/h2-8,13H,9-12,14H2,1H3,(H,21,24). The Balaban J connectivity index is 1.45. The van der Waals surface area contributed by atoms with Crippen molar-refractivity contribution in [2.24, 2.45) is 0 Å². The third-order valence-corrected chi connectivity index (χ3v) is 4.15. The minimum absolute atomic E-state index is 0.0438. The molecule has 3 rings (SSSR count). The van der Waals surface area contributed by atoms with Gasteiger partial charge in [0.15, 0.2) is 6.61 Å². The molecular formula is C19H22N4O3. The zero-order valence-corrected chi connectivity index (χ0v) is 14.7. The van der Waals surface area contributed by atoms with Crippen LogP contribution in [0.25, 0.3) is 0 Å². The maximum Gasteiger partial charge on any atom is 0.260 e.